The molecule has 0 bridgehead atoms. The summed E-state index contributed by atoms with van der Waals surface area (Å²) in [5, 5.41) is 4.14. The standard InChI is InChI=1S/C13H13ClN2.BrH/c14-13-6-2-1-5-12(13)10-16-9-11-4-3-7-15-8-11;/h1-8,16H,9-10H2;1H. The van der Waals surface area contributed by atoms with Gasteiger partial charge in [0.25, 0.3) is 0 Å². The summed E-state index contributed by atoms with van der Waals surface area (Å²) in [6.07, 6.45) is 3.64. The molecule has 0 saturated carbocycles. The molecule has 2 aromatic rings. The van der Waals surface area contributed by atoms with Crippen LogP contribution < -0.4 is 5.32 Å². The van der Waals surface area contributed by atoms with E-state index in [-0.39, 0.29) is 17.0 Å². The third-order valence-corrected chi connectivity index (χ3v) is 2.69. The number of aromatic nitrogens is 1. The molecule has 17 heavy (non-hydrogen) atoms. The largest absolute Gasteiger partial charge is 0.309 e. The van der Waals surface area contributed by atoms with Gasteiger partial charge in [0.1, 0.15) is 0 Å². The predicted octanol–water partition coefficient (Wildman–Crippen LogP) is 3.60. The highest BCUT2D eigenvalue weighted by atomic mass is 79.9. The van der Waals surface area contributed by atoms with Crippen molar-refractivity contribution in [1.82, 2.24) is 10.3 Å². The lowest BCUT2D eigenvalue weighted by Gasteiger charge is -2.06. The summed E-state index contributed by atoms with van der Waals surface area (Å²) in [6, 6.07) is 11.8. The fourth-order valence-electron chi connectivity index (χ4n) is 1.49. The monoisotopic (exact) mass is 312 g/mol. The smallest absolute Gasteiger partial charge is 0.0450 e. The van der Waals surface area contributed by atoms with Crippen LogP contribution in [-0.4, -0.2) is 4.98 Å². The number of nitrogens with one attached hydrogen (secondary N) is 1. The number of hydrogen-bond acceptors (Lipinski definition) is 2. The molecule has 0 aliphatic carbocycles. The van der Waals surface area contributed by atoms with Crippen molar-refractivity contribution in [2.24, 2.45) is 0 Å². The molecule has 2 rings (SSSR count). The number of halogens is 2. The summed E-state index contributed by atoms with van der Waals surface area (Å²) in [7, 11) is 0. The minimum absolute atomic E-state index is 0. The molecule has 2 nitrogen and oxygen atoms in total. The summed E-state index contributed by atoms with van der Waals surface area (Å²) in [5.74, 6) is 0. The van der Waals surface area contributed by atoms with Crippen LogP contribution in [0.25, 0.3) is 0 Å². The van der Waals surface area contributed by atoms with Gasteiger partial charge < -0.3 is 5.32 Å². The molecule has 0 aliphatic rings. The van der Waals surface area contributed by atoms with E-state index in [1.807, 2.05) is 42.6 Å². The maximum atomic E-state index is 6.05. The van der Waals surface area contributed by atoms with Gasteiger partial charge in [0, 0.05) is 30.5 Å². The fourth-order valence-corrected chi connectivity index (χ4v) is 1.69. The predicted molar refractivity (Wildman–Crippen MR) is 76.6 cm³/mol. The molecule has 0 unspecified atom stereocenters. The average Bonchev–Trinajstić information content (AvgIpc) is 2.33. The molecule has 1 aromatic carbocycles. The molecule has 0 fully saturated rings. The summed E-state index contributed by atoms with van der Waals surface area (Å²) in [6.45, 7) is 1.58. The molecule has 0 saturated heterocycles. The Bertz CT molecular complexity index is 448. The lowest BCUT2D eigenvalue weighted by atomic mass is 10.2. The number of benzene rings is 1. The van der Waals surface area contributed by atoms with Gasteiger partial charge in [0.05, 0.1) is 0 Å². The molecule has 0 spiro atoms. The highest BCUT2D eigenvalue weighted by Crippen LogP contribution is 2.14. The lowest BCUT2D eigenvalue weighted by Crippen LogP contribution is -2.12. The number of hydrogen-bond donors (Lipinski definition) is 1. The van der Waals surface area contributed by atoms with E-state index in [1.165, 1.54) is 5.56 Å². The van der Waals surface area contributed by atoms with E-state index in [1.54, 1.807) is 6.20 Å². The molecule has 0 aliphatic heterocycles. The van der Waals surface area contributed by atoms with Crippen LogP contribution in [0.3, 0.4) is 0 Å². The molecule has 4 heteroatoms. The van der Waals surface area contributed by atoms with Crippen LogP contribution in [0.5, 0.6) is 0 Å². The number of rotatable bonds is 4. The zero-order valence-corrected chi connectivity index (χ0v) is 11.7. The molecule has 0 amide bonds. The Hall–Kier alpha value is -0.900. The van der Waals surface area contributed by atoms with E-state index in [4.69, 9.17) is 11.6 Å². The van der Waals surface area contributed by atoms with Crippen LogP contribution in [0, 0.1) is 0 Å². The van der Waals surface area contributed by atoms with Gasteiger partial charge in [-0.3, -0.25) is 4.98 Å². The first-order valence-corrected chi connectivity index (χ1v) is 5.57. The first-order chi connectivity index (χ1) is 7.86. The molecule has 1 heterocycles. The second kappa shape index (κ2) is 7.43. The summed E-state index contributed by atoms with van der Waals surface area (Å²) in [5.41, 5.74) is 2.29. The van der Waals surface area contributed by atoms with Crippen LogP contribution in [0.15, 0.2) is 48.8 Å². The van der Waals surface area contributed by atoms with E-state index in [0.29, 0.717) is 0 Å². The van der Waals surface area contributed by atoms with Crippen LogP contribution in [0.1, 0.15) is 11.1 Å². The van der Waals surface area contributed by atoms with Crippen molar-refractivity contribution >= 4 is 28.6 Å². The first kappa shape index (κ1) is 14.2. The Morgan fingerprint density at radius 2 is 1.88 bits per heavy atom. The SMILES string of the molecule is Br.Clc1ccccc1CNCc1cccnc1. The van der Waals surface area contributed by atoms with E-state index in [0.717, 1.165) is 23.7 Å². The van der Waals surface area contributed by atoms with Crippen LogP contribution in [0.2, 0.25) is 5.02 Å². The summed E-state index contributed by atoms with van der Waals surface area (Å²) in [4.78, 5) is 4.06. The van der Waals surface area contributed by atoms with Crippen molar-refractivity contribution in [2.75, 3.05) is 0 Å². The van der Waals surface area contributed by atoms with E-state index in [2.05, 4.69) is 10.3 Å². The molecule has 0 atom stereocenters. The maximum Gasteiger partial charge on any atom is 0.0450 e. The van der Waals surface area contributed by atoms with Gasteiger partial charge in [-0.25, -0.2) is 0 Å². The first-order valence-electron chi connectivity index (χ1n) is 5.19. The van der Waals surface area contributed by atoms with Crippen molar-refractivity contribution in [3.05, 3.63) is 64.9 Å². The quantitative estimate of drug-likeness (QED) is 0.933. The summed E-state index contributed by atoms with van der Waals surface area (Å²) >= 11 is 6.05. The van der Waals surface area contributed by atoms with E-state index >= 15 is 0 Å². The Balaban J connectivity index is 0.00000144. The van der Waals surface area contributed by atoms with Crippen LogP contribution >= 0.6 is 28.6 Å². The van der Waals surface area contributed by atoms with Crippen molar-refractivity contribution in [2.45, 2.75) is 13.1 Å². The average molecular weight is 314 g/mol. The minimum Gasteiger partial charge on any atom is -0.309 e. The third kappa shape index (κ3) is 4.46. The Labute approximate surface area is 117 Å². The van der Waals surface area contributed by atoms with Crippen LogP contribution in [-0.2, 0) is 13.1 Å². The highest BCUT2D eigenvalue weighted by molar-refractivity contribution is 8.93. The lowest BCUT2D eigenvalue weighted by molar-refractivity contribution is 0.691. The van der Waals surface area contributed by atoms with Crippen molar-refractivity contribution in [1.29, 1.82) is 0 Å². The van der Waals surface area contributed by atoms with Gasteiger partial charge in [-0.2, -0.15) is 0 Å². The molecular formula is C13H14BrClN2. The summed E-state index contributed by atoms with van der Waals surface area (Å²) < 4.78 is 0. The fraction of sp³-hybridized carbons (Fsp3) is 0.154. The molecule has 1 N–H and O–H groups in total. The van der Waals surface area contributed by atoms with Gasteiger partial charge in [-0.05, 0) is 23.3 Å². The van der Waals surface area contributed by atoms with Gasteiger partial charge in [0.2, 0.25) is 0 Å². The van der Waals surface area contributed by atoms with E-state index in [9.17, 15) is 0 Å². The van der Waals surface area contributed by atoms with Gasteiger partial charge in [0.15, 0.2) is 0 Å². The van der Waals surface area contributed by atoms with Crippen LogP contribution in [0.4, 0.5) is 0 Å². The Morgan fingerprint density at radius 3 is 2.59 bits per heavy atom. The molecule has 90 valence electrons. The number of nitrogens with zero attached hydrogens (tertiary/aromatic N) is 1. The zero-order chi connectivity index (χ0) is 11.2. The third-order valence-electron chi connectivity index (χ3n) is 2.33. The number of pyridine rings is 1. The Kier molecular flexibility index (Phi) is 6.19. The topological polar surface area (TPSA) is 24.9 Å². The van der Waals surface area contributed by atoms with E-state index < -0.39 is 0 Å². The van der Waals surface area contributed by atoms with Crippen molar-refractivity contribution in [3.63, 3.8) is 0 Å². The second-order valence-electron chi connectivity index (χ2n) is 3.56. The maximum absolute atomic E-state index is 6.05. The molecule has 0 radical (unpaired) electrons. The molecule has 1 aromatic heterocycles. The highest BCUT2D eigenvalue weighted by Gasteiger charge is 1.98. The Morgan fingerprint density at radius 1 is 1.06 bits per heavy atom. The molecular weight excluding hydrogens is 300 g/mol. The van der Waals surface area contributed by atoms with Crippen molar-refractivity contribution < 1.29 is 0 Å². The zero-order valence-electron chi connectivity index (χ0n) is 9.27. The van der Waals surface area contributed by atoms with Gasteiger partial charge in [-0.1, -0.05) is 35.9 Å². The normalized spacial score (nSPS) is 9.71. The van der Waals surface area contributed by atoms with Gasteiger partial charge >= 0.3 is 0 Å². The second-order valence-corrected chi connectivity index (χ2v) is 3.96. The van der Waals surface area contributed by atoms with Crippen molar-refractivity contribution in [3.8, 4) is 0 Å². The minimum atomic E-state index is 0. The van der Waals surface area contributed by atoms with Gasteiger partial charge in [-0.15, -0.1) is 17.0 Å².